The first-order valence-corrected chi connectivity index (χ1v) is 5.43. The molecule has 0 amide bonds. The Morgan fingerprint density at radius 1 is 1.67 bits per heavy atom. The van der Waals surface area contributed by atoms with Gasteiger partial charge in [0.15, 0.2) is 5.69 Å². The van der Waals surface area contributed by atoms with Crippen molar-refractivity contribution in [3.63, 3.8) is 0 Å². The molecule has 0 saturated heterocycles. The van der Waals surface area contributed by atoms with E-state index >= 15 is 0 Å². The molecule has 1 aromatic heterocycles. The fourth-order valence-electron chi connectivity index (χ4n) is 1.87. The minimum Gasteiger partial charge on any atom is -0.461 e. The van der Waals surface area contributed by atoms with Gasteiger partial charge in [0.1, 0.15) is 0 Å². The van der Waals surface area contributed by atoms with Crippen LogP contribution >= 0.6 is 0 Å². The van der Waals surface area contributed by atoms with Gasteiger partial charge in [-0.3, -0.25) is 4.68 Å². The molecular weight excluding hydrogens is 192 g/mol. The highest BCUT2D eigenvalue weighted by molar-refractivity contribution is 5.87. The van der Waals surface area contributed by atoms with Gasteiger partial charge in [0.05, 0.1) is 6.61 Å². The normalized spacial score (nSPS) is 16.1. The average Bonchev–Trinajstić information content (AvgIpc) is 2.46. The molecule has 1 aliphatic carbocycles. The van der Waals surface area contributed by atoms with Crippen molar-refractivity contribution in [3.8, 4) is 0 Å². The van der Waals surface area contributed by atoms with E-state index in [9.17, 15) is 4.79 Å². The lowest BCUT2D eigenvalue weighted by Gasteiger charge is -2.24. The first-order chi connectivity index (χ1) is 7.22. The van der Waals surface area contributed by atoms with Crippen LogP contribution in [0.1, 0.15) is 48.3 Å². The van der Waals surface area contributed by atoms with Crippen LogP contribution in [-0.2, 0) is 11.8 Å². The van der Waals surface area contributed by atoms with Crippen molar-refractivity contribution in [3.05, 3.63) is 17.5 Å². The molecule has 15 heavy (non-hydrogen) atoms. The number of carbonyl (C=O) groups excluding carboxylic acids is 1. The maximum Gasteiger partial charge on any atom is 0.358 e. The number of rotatable bonds is 3. The summed E-state index contributed by atoms with van der Waals surface area (Å²) in [4.78, 5) is 11.4. The fraction of sp³-hybridized carbons (Fsp3) is 0.636. The van der Waals surface area contributed by atoms with Gasteiger partial charge >= 0.3 is 5.97 Å². The molecule has 1 heterocycles. The molecule has 4 heteroatoms. The minimum absolute atomic E-state index is 0.321. The van der Waals surface area contributed by atoms with E-state index < -0.39 is 0 Å². The van der Waals surface area contributed by atoms with Crippen molar-refractivity contribution in [1.29, 1.82) is 0 Å². The molecule has 0 unspecified atom stereocenters. The molecule has 1 saturated carbocycles. The molecule has 0 aliphatic heterocycles. The Kier molecular flexibility index (Phi) is 2.75. The van der Waals surface area contributed by atoms with Crippen LogP contribution < -0.4 is 0 Å². The number of ether oxygens (including phenoxy) is 1. The number of esters is 1. The molecule has 1 fully saturated rings. The summed E-state index contributed by atoms with van der Waals surface area (Å²) in [5.41, 5.74) is 1.59. The molecule has 0 N–H and O–H groups in total. The summed E-state index contributed by atoms with van der Waals surface area (Å²) in [5.74, 6) is 0.268. The summed E-state index contributed by atoms with van der Waals surface area (Å²) in [5, 5.41) is 4.17. The highest BCUT2D eigenvalue weighted by Crippen LogP contribution is 2.36. The minimum atomic E-state index is -0.321. The molecular formula is C11H16N2O2. The largest absolute Gasteiger partial charge is 0.461 e. The summed E-state index contributed by atoms with van der Waals surface area (Å²) >= 11 is 0. The number of hydrogen-bond acceptors (Lipinski definition) is 3. The standard InChI is InChI=1S/C11H16N2O2/c1-3-15-11(14)9-7-10(13(2)12-9)8-5-4-6-8/h7-8H,3-6H2,1-2H3. The molecule has 0 atom stereocenters. The smallest absolute Gasteiger partial charge is 0.358 e. The van der Waals surface area contributed by atoms with E-state index in [-0.39, 0.29) is 5.97 Å². The fourth-order valence-corrected chi connectivity index (χ4v) is 1.87. The van der Waals surface area contributed by atoms with E-state index in [1.165, 1.54) is 19.3 Å². The van der Waals surface area contributed by atoms with Crippen LogP contribution in [-0.4, -0.2) is 22.4 Å². The van der Waals surface area contributed by atoms with Gasteiger partial charge < -0.3 is 4.74 Å². The van der Waals surface area contributed by atoms with Crippen LogP contribution in [0.15, 0.2) is 6.07 Å². The van der Waals surface area contributed by atoms with E-state index in [1.807, 2.05) is 13.1 Å². The molecule has 1 aromatic rings. The zero-order valence-corrected chi connectivity index (χ0v) is 9.19. The van der Waals surface area contributed by atoms with Crippen molar-refractivity contribution in [1.82, 2.24) is 9.78 Å². The zero-order valence-electron chi connectivity index (χ0n) is 9.19. The molecule has 1 aliphatic rings. The van der Waals surface area contributed by atoms with Gasteiger partial charge in [0.2, 0.25) is 0 Å². The van der Waals surface area contributed by atoms with E-state index in [1.54, 1.807) is 11.6 Å². The third-order valence-electron chi connectivity index (χ3n) is 2.92. The van der Waals surface area contributed by atoms with Crippen molar-refractivity contribution in [2.45, 2.75) is 32.1 Å². The van der Waals surface area contributed by atoms with Crippen LogP contribution in [0.2, 0.25) is 0 Å². The second-order valence-electron chi connectivity index (χ2n) is 3.93. The Morgan fingerprint density at radius 2 is 2.40 bits per heavy atom. The van der Waals surface area contributed by atoms with Crippen LogP contribution in [0.4, 0.5) is 0 Å². The van der Waals surface area contributed by atoms with Crippen molar-refractivity contribution >= 4 is 5.97 Å². The number of aromatic nitrogens is 2. The summed E-state index contributed by atoms with van der Waals surface area (Å²) in [6, 6.07) is 1.86. The number of hydrogen-bond donors (Lipinski definition) is 0. The lowest BCUT2D eigenvalue weighted by Crippen LogP contribution is -2.12. The van der Waals surface area contributed by atoms with Crippen molar-refractivity contribution in [2.24, 2.45) is 7.05 Å². The molecule has 0 spiro atoms. The third-order valence-corrected chi connectivity index (χ3v) is 2.92. The van der Waals surface area contributed by atoms with Gasteiger partial charge in [0.25, 0.3) is 0 Å². The quantitative estimate of drug-likeness (QED) is 0.712. The van der Waals surface area contributed by atoms with E-state index in [2.05, 4.69) is 5.10 Å². The maximum atomic E-state index is 11.4. The second-order valence-corrected chi connectivity index (χ2v) is 3.93. The highest BCUT2D eigenvalue weighted by Gasteiger charge is 2.24. The predicted molar refractivity (Wildman–Crippen MR) is 55.8 cm³/mol. The molecule has 0 aromatic carbocycles. The van der Waals surface area contributed by atoms with Crippen molar-refractivity contribution in [2.75, 3.05) is 6.61 Å². The van der Waals surface area contributed by atoms with E-state index in [0.717, 1.165) is 5.69 Å². The van der Waals surface area contributed by atoms with Gasteiger partial charge in [-0.2, -0.15) is 5.10 Å². The Morgan fingerprint density at radius 3 is 2.93 bits per heavy atom. The Balaban J connectivity index is 2.16. The maximum absolute atomic E-state index is 11.4. The molecule has 0 bridgehead atoms. The molecule has 0 radical (unpaired) electrons. The Labute approximate surface area is 89.2 Å². The summed E-state index contributed by atoms with van der Waals surface area (Å²) in [7, 11) is 1.89. The lowest BCUT2D eigenvalue weighted by molar-refractivity contribution is 0.0518. The summed E-state index contributed by atoms with van der Waals surface area (Å²) in [6.07, 6.45) is 3.70. The van der Waals surface area contributed by atoms with Gasteiger partial charge in [0, 0.05) is 18.7 Å². The van der Waals surface area contributed by atoms with Gasteiger partial charge in [-0.1, -0.05) is 6.42 Å². The van der Waals surface area contributed by atoms with Crippen LogP contribution in [0.5, 0.6) is 0 Å². The Bertz CT molecular complexity index is 367. The van der Waals surface area contributed by atoms with Crippen LogP contribution in [0, 0.1) is 0 Å². The van der Waals surface area contributed by atoms with Crippen LogP contribution in [0.25, 0.3) is 0 Å². The van der Waals surface area contributed by atoms with Crippen molar-refractivity contribution < 1.29 is 9.53 Å². The molecule has 82 valence electrons. The van der Waals surface area contributed by atoms with Gasteiger partial charge in [-0.25, -0.2) is 4.79 Å². The van der Waals surface area contributed by atoms with Gasteiger partial charge in [-0.15, -0.1) is 0 Å². The second kappa shape index (κ2) is 4.04. The topological polar surface area (TPSA) is 44.1 Å². The number of nitrogens with zero attached hydrogens (tertiary/aromatic N) is 2. The first-order valence-electron chi connectivity index (χ1n) is 5.43. The number of carbonyl (C=O) groups is 1. The van der Waals surface area contributed by atoms with E-state index in [4.69, 9.17) is 4.74 Å². The SMILES string of the molecule is CCOC(=O)c1cc(C2CCC2)n(C)n1. The monoisotopic (exact) mass is 208 g/mol. The third kappa shape index (κ3) is 1.89. The first kappa shape index (κ1) is 10.2. The highest BCUT2D eigenvalue weighted by atomic mass is 16.5. The summed E-state index contributed by atoms with van der Waals surface area (Å²) in [6.45, 7) is 2.20. The van der Waals surface area contributed by atoms with Crippen LogP contribution in [0.3, 0.4) is 0 Å². The summed E-state index contributed by atoms with van der Waals surface area (Å²) < 4.78 is 6.71. The Hall–Kier alpha value is -1.32. The van der Waals surface area contributed by atoms with E-state index in [0.29, 0.717) is 18.2 Å². The predicted octanol–water partition coefficient (Wildman–Crippen LogP) is 1.86. The molecule has 4 nitrogen and oxygen atoms in total. The molecule has 2 rings (SSSR count). The number of aryl methyl sites for hydroxylation is 1. The zero-order chi connectivity index (χ0) is 10.8. The average molecular weight is 208 g/mol. The lowest BCUT2D eigenvalue weighted by atomic mass is 9.83. The van der Waals surface area contributed by atoms with Gasteiger partial charge in [-0.05, 0) is 25.8 Å².